The van der Waals surface area contributed by atoms with Gasteiger partial charge in [0.05, 0.1) is 16.1 Å². The maximum atomic E-state index is 13.2. The molecule has 7 heteroatoms. The molecule has 5 nitrogen and oxygen atoms in total. The van der Waals surface area contributed by atoms with Gasteiger partial charge in [-0.2, -0.15) is 4.79 Å². The second kappa shape index (κ2) is 7.89. The molecule has 24 heavy (non-hydrogen) atoms. The zero-order valence-electron chi connectivity index (χ0n) is 16.3. The van der Waals surface area contributed by atoms with Crippen molar-refractivity contribution in [1.29, 1.82) is 0 Å². The summed E-state index contributed by atoms with van der Waals surface area (Å²) in [6, 6.07) is 0.158. The molecule has 1 saturated carbocycles. The SMILES string of the molecule is CC(=O)C(=[N+]=[N-])C(=O)N(C1CCCCC1)C([Si](C)(C)C)[Si](C)(C)C. The van der Waals surface area contributed by atoms with E-state index in [0.29, 0.717) is 0 Å². The van der Waals surface area contributed by atoms with Gasteiger partial charge in [0.2, 0.25) is 5.78 Å². The maximum absolute atomic E-state index is 13.2. The zero-order chi connectivity index (χ0) is 18.7. The molecule has 1 aliphatic rings. The molecule has 0 unspecified atom stereocenters. The van der Waals surface area contributed by atoms with Crippen LogP contribution in [-0.2, 0) is 9.59 Å². The molecule has 0 saturated heterocycles. The van der Waals surface area contributed by atoms with Crippen molar-refractivity contribution in [2.75, 3.05) is 0 Å². The highest BCUT2D eigenvalue weighted by Gasteiger charge is 2.49. The molecule has 0 heterocycles. The van der Waals surface area contributed by atoms with Crippen LogP contribution in [0.5, 0.6) is 0 Å². The Balaban J connectivity index is 3.43. The minimum atomic E-state index is -1.71. The summed E-state index contributed by atoms with van der Waals surface area (Å²) in [4.78, 5) is 30.1. The normalized spacial score (nSPS) is 16.7. The lowest BCUT2D eigenvalue weighted by molar-refractivity contribution is -0.134. The van der Waals surface area contributed by atoms with E-state index in [1.807, 2.05) is 4.90 Å². The number of hydrogen-bond acceptors (Lipinski definition) is 2. The number of ketones is 1. The largest absolute Gasteiger partial charge is 0.421 e. The van der Waals surface area contributed by atoms with Gasteiger partial charge >= 0.3 is 11.6 Å². The van der Waals surface area contributed by atoms with Crippen LogP contribution in [0.15, 0.2) is 0 Å². The van der Waals surface area contributed by atoms with E-state index in [4.69, 9.17) is 0 Å². The third-order valence-corrected chi connectivity index (χ3v) is 13.8. The molecule has 0 N–H and O–H groups in total. The topological polar surface area (TPSA) is 73.8 Å². The quantitative estimate of drug-likeness (QED) is 0.237. The van der Waals surface area contributed by atoms with Crippen LogP contribution in [0, 0.1) is 0 Å². The lowest BCUT2D eigenvalue weighted by Gasteiger charge is -2.49. The average molecular weight is 368 g/mol. The minimum Gasteiger partial charge on any atom is -0.360 e. The summed E-state index contributed by atoms with van der Waals surface area (Å²) in [7, 11) is -3.41. The molecule has 0 radical (unpaired) electrons. The summed E-state index contributed by atoms with van der Waals surface area (Å²) in [6.07, 6.45) is 5.40. The summed E-state index contributed by atoms with van der Waals surface area (Å²) >= 11 is 0. The fraction of sp³-hybridized carbons (Fsp3) is 0.824. The molecule has 0 aromatic carbocycles. The van der Waals surface area contributed by atoms with Crippen LogP contribution < -0.4 is 0 Å². The highest BCUT2D eigenvalue weighted by molar-refractivity contribution is 6.96. The van der Waals surface area contributed by atoms with E-state index in [0.717, 1.165) is 25.7 Å². The highest BCUT2D eigenvalue weighted by atomic mass is 28.4. The second-order valence-corrected chi connectivity index (χ2v) is 20.3. The number of carbonyl (C=O) groups is 2. The van der Waals surface area contributed by atoms with Crippen LogP contribution in [0.3, 0.4) is 0 Å². The third kappa shape index (κ3) is 4.97. The molecular weight excluding hydrogens is 334 g/mol. The maximum Gasteiger partial charge on any atom is 0.421 e. The van der Waals surface area contributed by atoms with Gasteiger partial charge in [-0.1, -0.05) is 58.5 Å². The number of Topliss-reactive ketones (excluding diaryl/α,β-unsaturated/α-hetero) is 1. The summed E-state index contributed by atoms with van der Waals surface area (Å²) in [6.45, 7) is 15.1. The average Bonchev–Trinajstić information content (AvgIpc) is 2.43. The van der Waals surface area contributed by atoms with E-state index in [1.165, 1.54) is 13.3 Å². The standard InChI is InChI=1S/C17H33N3O2Si2/c1-13(21)15(19-18)16(22)20(14-11-9-8-10-12-14)17(23(2,3)4)24(5,6)7/h14,17H,8-12H2,1-7H3. The molecule has 0 atom stereocenters. The van der Waals surface area contributed by atoms with Crippen molar-refractivity contribution in [2.45, 2.75) is 89.6 Å². The zero-order valence-corrected chi connectivity index (χ0v) is 18.3. The van der Waals surface area contributed by atoms with Gasteiger partial charge in [0.1, 0.15) is 0 Å². The first kappa shape index (κ1) is 21.0. The van der Waals surface area contributed by atoms with Crippen LogP contribution >= 0.6 is 0 Å². The van der Waals surface area contributed by atoms with Crippen LogP contribution in [0.2, 0.25) is 39.3 Å². The summed E-state index contributed by atoms with van der Waals surface area (Å²) in [5, 5.41) is 0.205. The molecule has 136 valence electrons. The summed E-state index contributed by atoms with van der Waals surface area (Å²) < 4.78 is 0. The number of amides is 1. The fourth-order valence-electron chi connectivity index (χ4n) is 4.37. The monoisotopic (exact) mass is 367 g/mol. The van der Waals surface area contributed by atoms with E-state index in [9.17, 15) is 15.1 Å². The molecule has 0 bridgehead atoms. The van der Waals surface area contributed by atoms with Crippen molar-refractivity contribution in [3.05, 3.63) is 5.53 Å². The Hall–Kier alpha value is -1.05. The third-order valence-electron chi connectivity index (χ3n) is 4.76. The Kier molecular flexibility index (Phi) is 6.90. The van der Waals surface area contributed by atoms with Gasteiger partial charge in [-0.3, -0.25) is 9.59 Å². The van der Waals surface area contributed by atoms with Crippen molar-refractivity contribution in [2.24, 2.45) is 0 Å². The Bertz CT molecular complexity index is 523. The van der Waals surface area contributed by atoms with Gasteiger partial charge < -0.3 is 10.4 Å². The van der Waals surface area contributed by atoms with Gasteiger partial charge in [0, 0.05) is 18.3 Å². The first-order valence-electron chi connectivity index (χ1n) is 8.97. The lowest BCUT2D eigenvalue weighted by atomic mass is 9.94. The Morgan fingerprint density at radius 2 is 1.46 bits per heavy atom. The first-order chi connectivity index (χ1) is 10.9. The molecule has 1 aliphatic carbocycles. The minimum absolute atomic E-state index is 0.158. The number of nitrogens with zero attached hydrogens (tertiary/aromatic N) is 3. The van der Waals surface area contributed by atoms with E-state index >= 15 is 0 Å². The molecule has 1 amide bonds. The summed E-state index contributed by atoms with van der Waals surface area (Å²) in [5.41, 5.74) is 8.93. The summed E-state index contributed by atoms with van der Waals surface area (Å²) in [5.74, 6) is -0.833. The number of rotatable bonds is 6. The van der Waals surface area contributed by atoms with E-state index in [-0.39, 0.29) is 22.9 Å². The second-order valence-electron chi connectivity index (χ2n) is 9.14. The Morgan fingerprint density at radius 1 is 1.00 bits per heavy atom. The van der Waals surface area contributed by atoms with Crippen molar-refractivity contribution < 1.29 is 14.4 Å². The predicted octanol–water partition coefficient (Wildman–Crippen LogP) is 3.53. The molecule has 0 aromatic heterocycles. The molecule has 0 aliphatic heterocycles. The van der Waals surface area contributed by atoms with Crippen LogP contribution in [0.25, 0.3) is 5.53 Å². The predicted molar refractivity (Wildman–Crippen MR) is 104 cm³/mol. The van der Waals surface area contributed by atoms with E-state index < -0.39 is 21.9 Å². The van der Waals surface area contributed by atoms with Crippen molar-refractivity contribution in [3.63, 3.8) is 0 Å². The molecule has 0 aromatic rings. The van der Waals surface area contributed by atoms with Crippen molar-refractivity contribution in [1.82, 2.24) is 4.90 Å². The van der Waals surface area contributed by atoms with E-state index in [1.54, 1.807) is 0 Å². The van der Waals surface area contributed by atoms with Crippen LogP contribution in [-0.4, -0.2) is 54.6 Å². The van der Waals surface area contributed by atoms with Gasteiger partial charge in [-0.15, -0.1) is 0 Å². The van der Waals surface area contributed by atoms with Gasteiger partial charge in [0.25, 0.3) is 0 Å². The highest BCUT2D eigenvalue weighted by Crippen LogP contribution is 2.32. The fourth-order valence-corrected chi connectivity index (χ4v) is 17.1. The van der Waals surface area contributed by atoms with Crippen LogP contribution in [0.1, 0.15) is 39.0 Å². The smallest absolute Gasteiger partial charge is 0.360 e. The molecule has 1 rings (SSSR count). The van der Waals surface area contributed by atoms with E-state index in [2.05, 4.69) is 44.1 Å². The first-order valence-corrected chi connectivity index (χ1v) is 16.1. The lowest BCUT2D eigenvalue weighted by Crippen LogP contribution is -2.68. The van der Waals surface area contributed by atoms with Crippen LogP contribution in [0.4, 0.5) is 0 Å². The van der Waals surface area contributed by atoms with Gasteiger partial charge in [-0.05, 0) is 12.8 Å². The molecule has 0 spiro atoms. The van der Waals surface area contributed by atoms with Crippen molar-refractivity contribution >= 4 is 33.5 Å². The van der Waals surface area contributed by atoms with Gasteiger partial charge in [-0.25, -0.2) is 0 Å². The number of hydrogen-bond donors (Lipinski definition) is 0. The Labute approximate surface area is 148 Å². The van der Waals surface area contributed by atoms with Crippen molar-refractivity contribution in [3.8, 4) is 0 Å². The Morgan fingerprint density at radius 3 is 1.79 bits per heavy atom. The number of carbonyl (C=O) groups excluding carboxylic acids is 2. The van der Waals surface area contributed by atoms with Gasteiger partial charge in [0.15, 0.2) is 0 Å². The molecule has 1 fully saturated rings. The molecular formula is C17H33N3O2Si2.